The zero-order valence-corrected chi connectivity index (χ0v) is 15.1. The highest BCUT2D eigenvalue weighted by molar-refractivity contribution is 5.93. The van der Waals surface area contributed by atoms with Gasteiger partial charge in [-0.3, -0.25) is 20.2 Å². The van der Waals surface area contributed by atoms with E-state index in [2.05, 4.69) is 0 Å². The van der Waals surface area contributed by atoms with E-state index < -0.39 is 15.8 Å². The second kappa shape index (κ2) is 8.47. The van der Waals surface area contributed by atoms with Crippen LogP contribution in [0.2, 0.25) is 0 Å². The van der Waals surface area contributed by atoms with Gasteiger partial charge in [0.15, 0.2) is 0 Å². The third-order valence-corrected chi connectivity index (χ3v) is 4.61. The van der Waals surface area contributed by atoms with Gasteiger partial charge >= 0.3 is 5.97 Å². The Morgan fingerprint density at radius 3 is 2.11 bits per heavy atom. The maximum absolute atomic E-state index is 12.4. The van der Waals surface area contributed by atoms with Gasteiger partial charge in [-0.15, -0.1) is 0 Å². The molecular formula is C19H19N3O6. The summed E-state index contributed by atoms with van der Waals surface area (Å²) >= 11 is 0. The number of nitro groups is 2. The SMILES string of the molecule is O=C(Oc1ccc([N+](=O)[O-])cc1)c1ccc(N2CCCCCC2)c([N+](=O)[O-])c1. The third kappa shape index (κ3) is 4.43. The van der Waals surface area contributed by atoms with Gasteiger partial charge in [0.2, 0.25) is 0 Å². The molecule has 9 heteroatoms. The van der Waals surface area contributed by atoms with E-state index >= 15 is 0 Å². The molecule has 0 unspecified atom stereocenters. The summed E-state index contributed by atoms with van der Waals surface area (Å²) in [6.45, 7) is 1.49. The van der Waals surface area contributed by atoms with E-state index in [9.17, 15) is 25.0 Å². The summed E-state index contributed by atoms with van der Waals surface area (Å²) in [6, 6.07) is 9.33. The van der Waals surface area contributed by atoms with Crippen LogP contribution in [0, 0.1) is 20.2 Å². The molecule has 2 aromatic rings. The summed E-state index contributed by atoms with van der Waals surface area (Å²) in [7, 11) is 0. The minimum Gasteiger partial charge on any atom is -0.423 e. The van der Waals surface area contributed by atoms with Crippen LogP contribution in [0.3, 0.4) is 0 Å². The number of nitro benzene ring substituents is 2. The van der Waals surface area contributed by atoms with Crippen LogP contribution >= 0.6 is 0 Å². The number of hydrogen-bond acceptors (Lipinski definition) is 7. The first-order valence-corrected chi connectivity index (χ1v) is 8.96. The van der Waals surface area contributed by atoms with Crippen LogP contribution in [0.25, 0.3) is 0 Å². The predicted molar refractivity (Wildman–Crippen MR) is 102 cm³/mol. The molecule has 3 rings (SSSR count). The number of rotatable bonds is 5. The molecule has 1 heterocycles. The molecule has 28 heavy (non-hydrogen) atoms. The molecule has 1 fully saturated rings. The zero-order chi connectivity index (χ0) is 20.1. The molecule has 9 nitrogen and oxygen atoms in total. The van der Waals surface area contributed by atoms with Crippen molar-refractivity contribution in [3.8, 4) is 5.75 Å². The smallest absolute Gasteiger partial charge is 0.343 e. The molecule has 0 saturated carbocycles. The summed E-state index contributed by atoms with van der Waals surface area (Å²) in [4.78, 5) is 35.5. The quantitative estimate of drug-likeness (QED) is 0.329. The van der Waals surface area contributed by atoms with Crippen molar-refractivity contribution in [2.24, 2.45) is 0 Å². The van der Waals surface area contributed by atoms with Gasteiger partial charge in [-0.05, 0) is 37.1 Å². The van der Waals surface area contributed by atoms with Crippen molar-refractivity contribution in [3.05, 3.63) is 68.3 Å². The van der Waals surface area contributed by atoms with E-state index in [1.54, 1.807) is 6.07 Å². The number of non-ortho nitro benzene ring substituents is 1. The summed E-state index contributed by atoms with van der Waals surface area (Å²) in [5, 5.41) is 22.2. The van der Waals surface area contributed by atoms with Crippen LogP contribution in [0.1, 0.15) is 36.0 Å². The Hall–Kier alpha value is -3.49. The van der Waals surface area contributed by atoms with E-state index in [1.807, 2.05) is 4.90 Å². The van der Waals surface area contributed by atoms with Crippen molar-refractivity contribution in [1.29, 1.82) is 0 Å². The highest BCUT2D eigenvalue weighted by Gasteiger charge is 2.23. The average Bonchev–Trinajstić information content (AvgIpc) is 2.97. The second-order valence-electron chi connectivity index (χ2n) is 6.50. The predicted octanol–water partition coefficient (Wildman–Crippen LogP) is 4.10. The minimum atomic E-state index is -0.764. The monoisotopic (exact) mass is 385 g/mol. The lowest BCUT2D eigenvalue weighted by Gasteiger charge is -2.22. The van der Waals surface area contributed by atoms with Crippen molar-refractivity contribution in [2.75, 3.05) is 18.0 Å². The highest BCUT2D eigenvalue weighted by atomic mass is 16.6. The lowest BCUT2D eigenvalue weighted by Crippen LogP contribution is -2.25. The van der Waals surface area contributed by atoms with Gasteiger partial charge in [-0.1, -0.05) is 12.8 Å². The van der Waals surface area contributed by atoms with Gasteiger partial charge in [0.1, 0.15) is 11.4 Å². The summed E-state index contributed by atoms with van der Waals surface area (Å²) in [6.07, 6.45) is 4.15. The van der Waals surface area contributed by atoms with Crippen LogP contribution in [0.4, 0.5) is 17.1 Å². The first-order valence-electron chi connectivity index (χ1n) is 8.96. The Morgan fingerprint density at radius 2 is 1.54 bits per heavy atom. The van der Waals surface area contributed by atoms with Gasteiger partial charge in [-0.25, -0.2) is 4.79 Å². The zero-order valence-electron chi connectivity index (χ0n) is 15.1. The van der Waals surface area contributed by atoms with E-state index in [1.165, 1.54) is 36.4 Å². The van der Waals surface area contributed by atoms with Gasteiger partial charge in [0.05, 0.1) is 15.4 Å². The highest BCUT2D eigenvalue weighted by Crippen LogP contribution is 2.31. The van der Waals surface area contributed by atoms with Crippen molar-refractivity contribution in [1.82, 2.24) is 0 Å². The van der Waals surface area contributed by atoms with Crippen molar-refractivity contribution in [2.45, 2.75) is 25.7 Å². The number of esters is 1. The van der Waals surface area contributed by atoms with Crippen molar-refractivity contribution >= 4 is 23.0 Å². The van der Waals surface area contributed by atoms with Crippen LogP contribution < -0.4 is 9.64 Å². The van der Waals surface area contributed by atoms with E-state index in [4.69, 9.17) is 4.74 Å². The maximum atomic E-state index is 12.4. The number of hydrogen-bond donors (Lipinski definition) is 0. The summed E-state index contributed by atoms with van der Waals surface area (Å²) in [5.41, 5.74) is 0.277. The first-order chi connectivity index (χ1) is 13.5. The molecule has 0 bridgehead atoms. The third-order valence-electron chi connectivity index (χ3n) is 4.61. The van der Waals surface area contributed by atoms with Gasteiger partial charge in [-0.2, -0.15) is 0 Å². The molecule has 2 aromatic carbocycles. The lowest BCUT2D eigenvalue weighted by molar-refractivity contribution is -0.384. The molecule has 1 aliphatic heterocycles. The molecule has 0 N–H and O–H groups in total. The Balaban J connectivity index is 1.81. The van der Waals surface area contributed by atoms with E-state index in [0.717, 1.165) is 38.8 Å². The Kier molecular flexibility index (Phi) is 5.83. The Labute approximate surface area is 160 Å². The molecule has 0 atom stereocenters. The van der Waals surface area contributed by atoms with Crippen LogP contribution in [0.15, 0.2) is 42.5 Å². The Morgan fingerprint density at radius 1 is 0.893 bits per heavy atom. The van der Waals surface area contributed by atoms with Gasteiger partial charge < -0.3 is 9.64 Å². The molecule has 0 amide bonds. The maximum Gasteiger partial charge on any atom is 0.343 e. The topological polar surface area (TPSA) is 116 Å². The van der Waals surface area contributed by atoms with E-state index in [-0.39, 0.29) is 22.7 Å². The minimum absolute atomic E-state index is 0.0450. The number of carbonyl (C=O) groups is 1. The summed E-state index contributed by atoms with van der Waals surface area (Å²) < 4.78 is 5.18. The van der Waals surface area contributed by atoms with Gasteiger partial charge in [0, 0.05) is 31.3 Å². The largest absolute Gasteiger partial charge is 0.423 e. The second-order valence-corrected chi connectivity index (χ2v) is 6.50. The van der Waals surface area contributed by atoms with Crippen LogP contribution in [-0.4, -0.2) is 28.9 Å². The first kappa shape index (κ1) is 19.3. The van der Waals surface area contributed by atoms with Gasteiger partial charge in [0.25, 0.3) is 11.4 Å². The summed E-state index contributed by atoms with van der Waals surface area (Å²) in [5.74, 6) is -0.644. The molecule has 146 valence electrons. The fourth-order valence-corrected chi connectivity index (χ4v) is 3.18. The van der Waals surface area contributed by atoms with Crippen LogP contribution in [-0.2, 0) is 0 Å². The number of nitrogens with zero attached hydrogens (tertiary/aromatic N) is 3. The molecule has 0 spiro atoms. The van der Waals surface area contributed by atoms with Crippen LogP contribution in [0.5, 0.6) is 5.75 Å². The average molecular weight is 385 g/mol. The fourth-order valence-electron chi connectivity index (χ4n) is 3.18. The van der Waals surface area contributed by atoms with Crippen molar-refractivity contribution < 1.29 is 19.4 Å². The molecule has 1 saturated heterocycles. The lowest BCUT2D eigenvalue weighted by atomic mass is 10.1. The molecule has 0 radical (unpaired) electrons. The number of carbonyl (C=O) groups excluding carboxylic acids is 1. The molecule has 0 aromatic heterocycles. The Bertz CT molecular complexity index is 889. The van der Waals surface area contributed by atoms with E-state index in [0.29, 0.717) is 5.69 Å². The number of ether oxygens (including phenoxy) is 1. The fraction of sp³-hybridized carbons (Fsp3) is 0.316. The van der Waals surface area contributed by atoms with Crippen molar-refractivity contribution in [3.63, 3.8) is 0 Å². The standard InChI is InChI=1S/C19H19N3O6/c23-19(28-16-8-6-15(7-9-16)21(24)25)14-5-10-17(18(13-14)22(26)27)20-11-3-1-2-4-12-20/h5-10,13H,1-4,11-12H2. The number of anilines is 1. The number of benzene rings is 2. The normalized spacial score (nSPS) is 14.2. The molecule has 0 aliphatic carbocycles. The molecule has 1 aliphatic rings. The molecular weight excluding hydrogens is 366 g/mol.